The van der Waals surface area contributed by atoms with E-state index in [-0.39, 0.29) is 0 Å². The Balaban J connectivity index is 3.75. The van der Waals surface area contributed by atoms with E-state index >= 15 is 0 Å². The Hall–Kier alpha value is 0.01000. The standard InChI is InChI=1S/C4H5ClF4/c1-3(5,6)2-4(7,8)9/h2H2,1H3. The summed E-state index contributed by atoms with van der Waals surface area (Å²) in [7, 11) is 0. The smallest absolute Gasteiger partial charge is 0.226 e. The molecule has 0 heterocycles. The van der Waals surface area contributed by atoms with Gasteiger partial charge in [0.1, 0.15) is 0 Å². The Morgan fingerprint density at radius 3 is 1.56 bits per heavy atom. The van der Waals surface area contributed by atoms with Gasteiger partial charge in [-0.25, -0.2) is 4.39 Å². The summed E-state index contributed by atoms with van der Waals surface area (Å²) < 4.78 is 45.6. The normalized spacial score (nSPS) is 19.3. The van der Waals surface area contributed by atoms with Gasteiger partial charge in [0.2, 0.25) is 0 Å². The van der Waals surface area contributed by atoms with Crippen molar-refractivity contribution in [3.05, 3.63) is 0 Å². The van der Waals surface area contributed by atoms with Crippen molar-refractivity contribution in [2.75, 3.05) is 0 Å². The van der Waals surface area contributed by atoms with E-state index in [0.717, 1.165) is 0 Å². The Morgan fingerprint density at radius 1 is 1.22 bits per heavy atom. The molecule has 0 rings (SSSR count). The monoisotopic (exact) mass is 164 g/mol. The Bertz CT molecular complexity index is 77.7. The fourth-order valence-corrected chi connectivity index (χ4v) is 0.503. The molecule has 0 radical (unpaired) electrons. The molecule has 5 heteroatoms. The van der Waals surface area contributed by atoms with E-state index in [0.29, 0.717) is 6.92 Å². The number of halogens is 5. The fourth-order valence-electron chi connectivity index (χ4n) is 0.352. The first-order valence-electron chi connectivity index (χ1n) is 2.15. The average Bonchev–Trinajstić information content (AvgIpc) is 1.14. The van der Waals surface area contributed by atoms with Gasteiger partial charge in [0.25, 0.3) is 0 Å². The highest BCUT2D eigenvalue weighted by molar-refractivity contribution is 6.22. The second-order valence-corrected chi connectivity index (χ2v) is 2.65. The molecule has 0 fully saturated rings. The maximum atomic E-state index is 11.9. The number of hydrogen-bond acceptors (Lipinski definition) is 0. The molecule has 0 bridgehead atoms. The molecule has 56 valence electrons. The molecule has 0 aliphatic rings. The quantitative estimate of drug-likeness (QED) is 0.413. The van der Waals surface area contributed by atoms with E-state index in [1.807, 2.05) is 0 Å². The third kappa shape index (κ3) is 8.01. The van der Waals surface area contributed by atoms with Crippen LogP contribution in [0, 0.1) is 0 Å². The molecular formula is C4H5ClF4. The molecular weight excluding hydrogens is 159 g/mol. The third-order valence-electron chi connectivity index (χ3n) is 0.511. The predicted molar refractivity (Wildman–Crippen MR) is 26.0 cm³/mol. The minimum Gasteiger partial charge on any atom is -0.226 e. The van der Waals surface area contributed by atoms with Crippen LogP contribution in [0.2, 0.25) is 0 Å². The molecule has 0 saturated heterocycles. The van der Waals surface area contributed by atoms with Gasteiger partial charge in [-0.3, -0.25) is 0 Å². The van der Waals surface area contributed by atoms with Crippen LogP contribution in [0.15, 0.2) is 0 Å². The van der Waals surface area contributed by atoms with Crippen LogP contribution in [0.25, 0.3) is 0 Å². The Morgan fingerprint density at radius 2 is 1.56 bits per heavy atom. The molecule has 0 aromatic heterocycles. The number of rotatable bonds is 1. The predicted octanol–water partition coefficient (Wildman–Crippen LogP) is 2.86. The minimum atomic E-state index is -4.52. The lowest BCUT2D eigenvalue weighted by Gasteiger charge is -2.13. The summed E-state index contributed by atoms with van der Waals surface area (Å²) in [5, 5.41) is -2.67. The van der Waals surface area contributed by atoms with Crippen molar-refractivity contribution >= 4 is 11.6 Å². The van der Waals surface area contributed by atoms with E-state index in [9.17, 15) is 17.6 Å². The van der Waals surface area contributed by atoms with Gasteiger partial charge >= 0.3 is 6.18 Å². The highest BCUT2D eigenvalue weighted by Crippen LogP contribution is 2.32. The summed E-state index contributed by atoms with van der Waals surface area (Å²) in [6.45, 7) is 0.669. The molecule has 9 heavy (non-hydrogen) atoms. The van der Waals surface area contributed by atoms with Crippen molar-refractivity contribution in [1.29, 1.82) is 0 Å². The lowest BCUT2D eigenvalue weighted by Crippen LogP contribution is -2.20. The summed E-state index contributed by atoms with van der Waals surface area (Å²) in [5.41, 5.74) is 0. The second-order valence-electron chi connectivity index (χ2n) is 1.86. The fraction of sp³-hybridized carbons (Fsp3) is 1.00. The topological polar surface area (TPSA) is 0 Å². The zero-order chi connectivity index (χ0) is 7.71. The molecule has 0 aromatic rings. The van der Waals surface area contributed by atoms with Crippen LogP contribution in [-0.2, 0) is 0 Å². The number of hydrogen-bond donors (Lipinski definition) is 0. The van der Waals surface area contributed by atoms with E-state index < -0.39 is 17.7 Å². The summed E-state index contributed by atoms with van der Waals surface area (Å²) >= 11 is 4.63. The lowest BCUT2D eigenvalue weighted by molar-refractivity contribution is -0.149. The summed E-state index contributed by atoms with van der Waals surface area (Å²) in [6, 6.07) is 0. The van der Waals surface area contributed by atoms with E-state index in [1.165, 1.54) is 0 Å². The molecule has 0 aromatic carbocycles. The van der Waals surface area contributed by atoms with Crippen LogP contribution in [0.3, 0.4) is 0 Å². The van der Waals surface area contributed by atoms with Gasteiger partial charge in [0.15, 0.2) is 5.13 Å². The summed E-state index contributed by atoms with van der Waals surface area (Å²) in [4.78, 5) is 0. The van der Waals surface area contributed by atoms with Gasteiger partial charge in [0, 0.05) is 0 Å². The van der Waals surface area contributed by atoms with Crippen molar-refractivity contribution in [1.82, 2.24) is 0 Å². The molecule has 0 nitrogen and oxygen atoms in total. The van der Waals surface area contributed by atoms with Crippen LogP contribution in [0.4, 0.5) is 17.6 Å². The molecule has 0 amide bonds. The van der Waals surface area contributed by atoms with Crippen LogP contribution >= 0.6 is 11.6 Å². The minimum absolute atomic E-state index is 0.669. The second kappa shape index (κ2) is 2.33. The van der Waals surface area contributed by atoms with Crippen molar-refractivity contribution in [2.24, 2.45) is 0 Å². The molecule has 0 N–H and O–H groups in total. The van der Waals surface area contributed by atoms with Gasteiger partial charge < -0.3 is 0 Å². The molecule has 0 saturated carbocycles. The first-order chi connectivity index (χ1) is 3.71. The Labute approximate surface area is 54.8 Å². The highest BCUT2D eigenvalue weighted by Gasteiger charge is 2.38. The van der Waals surface area contributed by atoms with Gasteiger partial charge in [-0.05, 0) is 6.92 Å². The molecule has 1 unspecified atom stereocenters. The van der Waals surface area contributed by atoms with Crippen LogP contribution in [0.5, 0.6) is 0 Å². The van der Waals surface area contributed by atoms with Crippen LogP contribution in [-0.4, -0.2) is 11.3 Å². The third-order valence-corrected chi connectivity index (χ3v) is 0.644. The van der Waals surface area contributed by atoms with Crippen molar-refractivity contribution in [3.63, 3.8) is 0 Å². The van der Waals surface area contributed by atoms with E-state index in [4.69, 9.17) is 0 Å². The molecule has 0 aliphatic heterocycles. The first-order valence-corrected chi connectivity index (χ1v) is 2.53. The van der Waals surface area contributed by atoms with Gasteiger partial charge in [-0.1, -0.05) is 11.6 Å². The molecule has 1 atom stereocenters. The van der Waals surface area contributed by atoms with Gasteiger partial charge in [0.05, 0.1) is 6.42 Å². The largest absolute Gasteiger partial charge is 0.393 e. The number of alkyl halides is 5. The average molecular weight is 165 g/mol. The van der Waals surface area contributed by atoms with Gasteiger partial charge in [-0.2, -0.15) is 13.2 Å². The maximum Gasteiger partial charge on any atom is 0.393 e. The Kier molecular flexibility index (Phi) is 2.33. The van der Waals surface area contributed by atoms with Crippen LogP contribution in [0.1, 0.15) is 13.3 Å². The maximum absolute atomic E-state index is 11.9. The van der Waals surface area contributed by atoms with Crippen molar-refractivity contribution < 1.29 is 17.6 Å². The lowest BCUT2D eigenvalue weighted by atomic mass is 10.3. The van der Waals surface area contributed by atoms with E-state index in [2.05, 4.69) is 11.6 Å². The summed E-state index contributed by atoms with van der Waals surface area (Å²) in [5.74, 6) is 0. The van der Waals surface area contributed by atoms with Crippen molar-refractivity contribution in [3.8, 4) is 0 Å². The zero-order valence-corrected chi connectivity index (χ0v) is 5.35. The summed E-state index contributed by atoms with van der Waals surface area (Å²) in [6.07, 6.45) is -6.13. The van der Waals surface area contributed by atoms with Crippen molar-refractivity contribution in [2.45, 2.75) is 24.6 Å². The molecule has 0 spiro atoms. The SMILES string of the molecule is CC(F)(Cl)CC(F)(F)F. The first kappa shape index (κ1) is 9.01. The zero-order valence-electron chi connectivity index (χ0n) is 4.60. The van der Waals surface area contributed by atoms with E-state index in [1.54, 1.807) is 0 Å². The molecule has 0 aliphatic carbocycles. The van der Waals surface area contributed by atoms with Crippen LogP contribution < -0.4 is 0 Å². The van der Waals surface area contributed by atoms with Gasteiger partial charge in [-0.15, -0.1) is 0 Å². The highest BCUT2D eigenvalue weighted by atomic mass is 35.5.